The molecule has 0 radical (unpaired) electrons. The topological polar surface area (TPSA) is 99.4 Å². The molecule has 0 aliphatic rings. The minimum Gasteiger partial charge on any atom is -0.394 e. The van der Waals surface area contributed by atoms with E-state index >= 15 is 0 Å². The number of hydrogen-bond donors (Lipinski definition) is 4. The molecule has 0 amide bonds. The van der Waals surface area contributed by atoms with Crippen LogP contribution in [0.1, 0.15) is 104 Å². The van der Waals surface area contributed by atoms with Crippen LogP contribution < -0.4 is 0 Å². The van der Waals surface area contributed by atoms with E-state index in [4.69, 9.17) is 9.47 Å². The highest BCUT2D eigenvalue weighted by Crippen LogP contribution is 2.13. The van der Waals surface area contributed by atoms with Crippen LogP contribution in [0.3, 0.4) is 0 Å². The van der Waals surface area contributed by atoms with Crippen LogP contribution >= 0.6 is 0 Å². The van der Waals surface area contributed by atoms with Crippen molar-refractivity contribution in [2.75, 3.05) is 26.4 Å². The van der Waals surface area contributed by atoms with Crippen molar-refractivity contribution in [3.8, 4) is 0 Å². The quantitative estimate of drug-likeness (QED) is 0.182. The molecule has 0 aliphatic heterocycles. The highest BCUT2D eigenvalue weighted by atomic mass is 16.5. The summed E-state index contributed by atoms with van der Waals surface area (Å²) >= 11 is 0. The first-order chi connectivity index (χ1) is 14.6. The molecule has 0 spiro atoms. The van der Waals surface area contributed by atoms with Gasteiger partial charge in [0.15, 0.2) is 0 Å². The number of aliphatic hydroxyl groups excluding tert-OH is 4. The van der Waals surface area contributed by atoms with E-state index < -0.39 is 31.0 Å². The summed E-state index contributed by atoms with van der Waals surface area (Å²) in [5.41, 5.74) is 0. The van der Waals surface area contributed by atoms with Gasteiger partial charge in [-0.15, -0.1) is 0 Å². The zero-order valence-corrected chi connectivity index (χ0v) is 19.6. The van der Waals surface area contributed by atoms with Gasteiger partial charge in [-0.1, -0.05) is 90.9 Å². The summed E-state index contributed by atoms with van der Waals surface area (Å²) in [6, 6.07) is 0. The van der Waals surface area contributed by atoms with Gasteiger partial charge in [-0.05, 0) is 12.8 Å². The van der Waals surface area contributed by atoms with Gasteiger partial charge >= 0.3 is 0 Å². The van der Waals surface area contributed by atoms with E-state index in [1.165, 1.54) is 57.8 Å². The van der Waals surface area contributed by atoms with Crippen molar-refractivity contribution >= 4 is 0 Å². The highest BCUT2D eigenvalue weighted by molar-refractivity contribution is 4.82. The van der Waals surface area contributed by atoms with Crippen molar-refractivity contribution in [2.24, 2.45) is 0 Å². The van der Waals surface area contributed by atoms with Crippen LogP contribution in [0.25, 0.3) is 0 Å². The summed E-state index contributed by atoms with van der Waals surface area (Å²) in [6.07, 6.45) is 11.6. The number of rotatable bonds is 23. The summed E-state index contributed by atoms with van der Waals surface area (Å²) in [4.78, 5) is 0. The molecule has 0 bridgehead atoms. The average Bonchev–Trinajstić information content (AvgIpc) is 2.75. The lowest BCUT2D eigenvalue weighted by atomic mass is 10.0. The molecule has 0 aliphatic carbocycles. The van der Waals surface area contributed by atoms with Gasteiger partial charge in [0.2, 0.25) is 0 Å². The molecule has 182 valence electrons. The Morgan fingerprint density at radius 2 is 1.07 bits per heavy atom. The molecule has 0 aromatic rings. The Balaban J connectivity index is 3.98. The number of hydrogen-bond acceptors (Lipinski definition) is 6. The fourth-order valence-electron chi connectivity index (χ4n) is 3.50. The molecule has 30 heavy (non-hydrogen) atoms. The normalized spacial score (nSPS) is 15.8. The first kappa shape index (κ1) is 29.8. The van der Waals surface area contributed by atoms with Crippen LogP contribution in [0.2, 0.25) is 0 Å². The second kappa shape index (κ2) is 22.0. The molecule has 0 heterocycles. The molecule has 6 heteroatoms. The maximum absolute atomic E-state index is 10.4. The predicted molar refractivity (Wildman–Crippen MR) is 122 cm³/mol. The molecular formula is C24H50O6. The van der Waals surface area contributed by atoms with E-state index in [2.05, 4.69) is 13.8 Å². The molecule has 4 atom stereocenters. The second-order valence-electron chi connectivity index (χ2n) is 8.46. The van der Waals surface area contributed by atoms with Crippen molar-refractivity contribution in [3.05, 3.63) is 0 Å². The van der Waals surface area contributed by atoms with Gasteiger partial charge in [0.1, 0.15) is 24.4 Å². The van der Waals surface area contributed by atoms with E-state index in [0.29, 0.717) is 13.2 Å². The molecule has 0 aromatic heterocycles. The highest BCUT2D eigenvalue weighted by Gasteiger charge is 2.32. The van der Waals surface area contributed by atoms with Crippen molar-refractivity contribution in [1.82, 2.24) is 0 Å². The number of unbranched alkanes of at least 4 members (excludes halogenated alkanes) is 12. The lowest BCUT2D eigenvalue weighted by Gasteiger charge is -2.29. The Labute approximate surface area is 185 Å². The Bertz CT molecular complexity index is 342. The van der Waals surface area contributed by atoms with Gasteiger partial charge < -0.3 is 29.9 Å². The molecule has 0 saturated carbocycles. The molecular weight excluding hydrogens is 384 g/mol. The minimum atomic E-state index is -1.30. The lowest BCUT2D eigenvalue weighted by Crippen LogP contribution is -2.49. The number of ether oxygens (including phenoxy) is 2. The monoisotopic (exact) mass is 434 g/mol. The summed E-state index contributed by atoms with van der Waals surface area (Å²) < 4.78 is 11.1. The predicted octanol–water partition coefficient (Wildman–Crippen LogP) is 3.96. The van der Waals surface area contributed by atoms with Gasteiger partial charge in [-0.2, -0.15) is 0 Å². The first-order valence-corrected chi connectivity index (χ1v) is 12.4. The van der Waals surface area contributed by atoms with E-state index in [1.54, 1.807) is 0 Å². The fourth-order valence-corrected chi connectivity index (χ4v) is 3.50. The molecule has 0 unspecified atom stereocenters. The summed E-state index contributed by atoms with van der Waals surface area (Å²) in [5, 5.41) is 39.8. The van der Waals surface area contributed by atoms with Crippen LogP contribution in [0.4, 0.5) is 0 Å². The molecule has 4 N–H and O–H groups in total. The summed E-state index contributed by atoms with van der Waals surface area (Å²) in [7, 11) is 0. The smallest absolute Gasteiger partial charge is 0.114 e. The van der Waals surface area contributed by atoms with Gasteiger partial charge in [0.05, 0.1) is 13.2 Å². The zero-order valence-electron chi connectivity index (χ0n) is 19.6. The van der Waals surface area contributed by atoms with Crippen LogP contribution in [-0.2, 0) is 9.47 Å². The van der Waals surface area contributed by atoms with Gasteiger partial charge in [-0.25, -0.2) is 0 Å². The Hall–Kier alpha value is -0.240. The molecule has 0 aromatic carbocycles. The third-order valence-electron chi connectivity index (χ3n) is 5.54. The van der Waals surface area contributed by atoms with Crippen molar-refractivity contribution in [3.63, 3.8) is 0 Å². The largest absolute Gasteiger partial charge is 0.394 e. The van der Waals surface area contributed by atoms with Crippen molar-refractivity contribution in [1.29, 1.82) is 0 Å². The van der Waals surface area contributed by atoms with Crippen LogP contribution in [0, 0.1) is 0 Å². The average molecular weight is 435 g/mol. The molecule has 6 nitrogen and oxygen atoms in total. The van der Waals surface area contributed by atoms with Crippen molar-refractivity contribution in [2.45, 2.75) is 128 Å². The van der Waals surface area contributed by atoms with E-state index in [-0.39, 0.29) is 6.61 Å². The maximum Gasteiger partial charge on any atom is 0.114 e. The van der Waals surface area contributed by atoms with Crippen LogP contribution in [0.15, 0.2) is 0 Å². The lowest BCUT2D eigenvalue weighted by molar-refractivity contribution is -0.153. The fraction of sp³-hybridized carbons (Fsp3) is 1.00. The standard InChI is InChI=1S/C24H50O6/c1-3-5-7-9-11-13-15-17-29-20-22(27)23(28)24(21(26)19-25)30-18-16-14-12-10-8-6-4-2/h21-28H,3-20H2,1-2H3/t21-,22+,23+,24+/m0/s1. The summed E-state index contributed by atoms with van der Waals surface area (Å²) in [5.74, 6) is 0. The van der Waals surface area contributed by atoms with Gasteiger partial charge in [-0.3, -0.25) is 0 Å². The third-order valence-corrected chi connectivity index (χ3v) is 5.54. The molecule has 0 fully saturated rings. The number of aliphatic hydroxyl groups is 4. The maximum atomic E-state index is 10.4. The molecule has 0 saturated heterocycles. The van der Waals surface area contributed by atoms with Gasteiger partial charge in [0, 0.05) is 13.2 Å². The van der Waals surface area contributed by atoms with E-state index in [1.807, 2.05) is 0 Å². The van der Waals surface area contributed by atoms with E-state index in [9.17, 15) is 20.4 Å². The minimum absolute atomic E-state index is 0.00750. The van der Waals surface area contributed by atoms with Gasteiger partial charge in [0.25, 0.3) is 0 Å². The van der Waals surface area contributed by atoms with Crippen LogP contribution in [-0.4, -0.2) is 71.3 Å². The SMILES string of the molecule is CCCCCCCCCOC[C@@H](O)[C@@H](O)[C@H](OCCCCCCCCC)[C@@H](O)CO. The molecule has 0 rings (SSSR count). The summed E-state index contributed by atoms with van der Waals surface area (Å²) in [6.45, 7) is 4.80. The Morgan fingerprint density at radius 1 is 0.600 bits per heavy atom. The van der Waals surface area contributed by atoms with Crippen molar-refractivity contribution < 1.29 is 29.9 Å². The zero-order chi connectivity index (χ0) is 22.5. The van der Waals surface area contributed by atoms with E-state index in [0.717, 1.165) is 32.1 Å². The Morgan fingerprint density at radius 3 is 1.57 bits per heavy atom. The van der Waals surface area contributed by atoms with Crippen LogP contribution in [0.5, 0.6) is 0 Å². The second-order valence-corrected chi connectivity index (χ2v) is 8.46. The third kappa shape index (κ3) is 16.5. The first-order valence-electron chi connectivity index (χ1n) is 12.4. The Kier molecular flexibility index (Phi) is 21.8.